The van der Waals surface area contributed by atoms with Crippen LogP contribution in [-0.2, 0) is 19.6 Å². The van der Waals surface area contributed by atoms with Crippen LogP contribution in [0.3, 0.4) is 0 Å². The van der Waals surface area contributed by atoms with Crippen molar-refractivity contribution in [2.24, 2.45) is 5.92 Å². The smallest absolute Gasteiger partial charge is 0.338 e. The maximum Gasteiger partial charge on any atom is 0.338 e. The van der Waals surface area contributed by atoms with Crippen LogP contribution in [0.4, 0.5) is 0 Å². The number of benzene rings is 1. The monoisotopic (exact) mass is 382 g/mol. The largest absolute Gasteiger partial charge is 0.452 e. The Morgan fingerprint density at radius 1 is 1.19 bits per heavy atom. The summed E-state index contributed by atoms with van der Waals surface area (Å²) in [5, 5.41) is 2.79. The average Bonchev–Trinajstić information content (AvgIpc) is 2.65. The number of nitrogens with one attached hydrogen (secondary N) is 1. The highest BCUT2D eigenvalue weighted by Gasteiger charge is 2.20. The lowest BCUT2D eigenvalue weighted by atomic mass is 9.89. The zero-order valence-electron chi connectivity index (χ0n) is 15.2. The van der Waals surface area contributed by atoms with Crippen LogP contribution in [-0.4, -0.2) is 51.8 Å². The van der Waals surface area contributed by atoms with Crippen LogP contribution in [0.5, 0.6) is 0 Å². The summed E-state index contributed by atoms with van der Waals surface area (Å²) in [6.07, 6.45) is 5.88. The van der Waals surface area contributed by atoms with Crippen molar-refractivity contribution in [1.29, 1.82) is 0 Å². The van der Waals surface area contributed by atoms with E-state index in [1.165, 1.54) is 57.6 Å². The van der Waals surface area contributed by atoms with Gasteiger partial charge in [0.1, 0.15) is 0 Å². The molecule has 1 fully saturated rings. The molecule has 1 N–H and O–H groups in total. The number of carbonyl (C=O) groups is 2. The molecule has 1 aromatic carbocycles. The maximum atomic E-state index is 12.1. The molecule has 0 spiro atoms. The van der Waals surface area contributed by atoms with Gasteiger partial charge in [-0.2, -0.15) is 0 Å². The molecule has 1 aromatic rings. The minimum atomic E-state index is -3.64. The number of rotatable bonds is 7. The van der Waals surface area contributed by atoms with Crippen molar-refractivity contribution in [2.45, 2.75) is 37.0 Å². The molecule has 2 rings (SSSR count). The molecule has 0 heterocycles. The minimum absolute atomic E-state index is 0.00120. The number of carbonyl (C=O) groups excluding carboxylic acids is 2. The second-order valence-electron chi connectivity index (χ2n) is 6.70. The highest BCUT2D eigenvalue weighted by Crippen LogP contribution is 2.22. The topological polar surface area (TPSA) is 92.8 Å². The van der Waals surface area contributed by atoms with E-state index in [0.29, 0.717) is 12.5 Å². The van der Waals surface area contributed by atoms with E-state index in [2.05, 4.69) is 5.32 Å². The molecule has 26 heavy (non-hydrogen) atoms. The molecule has 1 saturated carbocycles. The minimum Gasteiger partial charge on any atom is -0.452 e. The van der Waals surface area contributed by atoms with Gasteiger partial charge in [-0.25, -0.2) is 17.5 Å². The lowest BCUT2D eigenvalue weighted by molar-refractivity contribution is -0.124. The van der Waals surface area contributed by atoms with Gasteiger partial charge in [-0.3, -0.25) is 4.79 Å². The van der Waals surface area contributed by atoms with Gasteiger partial charge in [0, 0.05) is 20.6 Å². The maximum absolute atomic E-state index is 12.1. The highest BCUT2D eigenvalue weighted by atomic mass is 32.2. The second kappa shape index (κ2) is 9.14. The van der Waals surface area contributed by atoms with Crippen molar-refractivity contribution in [1.82, 2.24) is 9.62 Å². The Labute approximate surface area is 154 Å². The SMILES string of the molecule is CN(C)S(=O)(=O)c1cccc(C(=O)OCC(=O)NCC2CCCCC2)c1. The van der Waals surface area contributed by atoms with Crippen molar-refractivity contribution in [2.75, 3.05) is 27.2 Å². The van der Waals surface area contributed by atoms with E-state index in [9.17, 15) is 18.0 Å². The van der Waals surface area contributed by atoms with Crippen LogP contribution in [0, 0.1) is 5.92 Å². The summed E-state index contributed by atoms with van der Waals surface area (Å²) in [6, 6.07) is 5.58. The summed E-state index contributed by atoms with van der Waals surface area (Å²) in [7, 11) is -0.812. The normalized spacial score (nSPS) is 15.7. The van der Waals surface area contributed by atoms with E-state index in [-0.39, 0.29) is 23.0 Å². The summed E-state index contributed by atoms with van der Waals surface area (Å²) >= 11 is 0. The molecule has 8 heteroatoms. The quantitative estimate of drug-likeness (QED) is 0.726. The number of ether oxygens (including phenoxy) is 1. The van der Waals surface area contributed by atoms with Crippen LogP contribution in [0.25, 0.3) is 0 Å². The second-order valence-corrected chi connectivity index (χ2v) is 8.85. The van der Waals surface area contributed by atoms with Crippen LogP contribution in [0.1, 0.15) is 42.5 Å². The molecule has 1 aliphatic rings. The fraction of sp³-hybridized carbons (Fsp3) is 0.556. The van der Waals surface area contributed by atoms with Crippen molar-refractivity contribution < 1.29 is 22.7 Å². The third kappa shape index (κ3) is 5.54. The van der Waals surface area contributed by atoms with Crippen LogP contribution < -0.4 is 5.32 Å². The van der Waals surface area contributed by atoms with Crippen LogP contribution in [0.2, 0.25) is 0 Å². The predicted octanol–water partition coefficient (Wildman–Crippen LogP) is 1.79. The molecular weight excluding hydrogens is 356 g/mol. The molecular formula is C18H26N2O5S. The van der Waals surface area contributed by atoms with Gasteiger partial charge in [0.15, 0.2) is 6.61 Å². The number of sulfonamides is 1. The first-order valence-corrected chi connectivity index (χ1v) is 10.2. The third-order valence-corrected chi connectivity index (χ3v) is 6.31. The van der Waals surface area contributed by atoms with Gasteiger partial charge < -0.3 is 10.1 Å². The lowest BCUT2D eigenvalue weighted by Gasteiger charge is -2.21. The molecule has 0 radical (unpaired) electrons. The summed E-state index contributed by atoms with van der Waals surface area (Å²) in [5.41, 5.74) is 0.0907. The summed E-state index contributed by atoms with van der Waals surface area (Å²) < 4.78 is 30.3. The fourth-order valence-corrected chi connectivity index (χ4v) is 3.86. The van der Waals surface area contributed by atoms with E-state index in [4.69, 9.17) is 4.74 Å². The van der Waals surface area contributed by atoms with E-state index < -0.39 is 16.0 Å². The van der Waals surface area contributed by atoms with Crippen LogP contribution in [0.15, 0.2) is 29.2 Å². The first-order valence-electron chi connectivity index (χ1n) is 8.77. The van der Waals surface area contributed by atoms with Gasteiger partial charge in [-0.15, -0.1) is 0 Å². The van der Waals surface area contributed by atoms with E-state index >= 15 is 0 Å². The molecule has 144 valence electrons. The van der Waals surface area contributed by atoms with E-state index in [1.807, 2.05) is 0 Å². The molecule has 1 amide bonds. The van der Waals surface area contributed by atoms with Gasteiger partial charge in [0.2, 0.25) is 10.0 Å². The van der Waals surface area contributed by atoms with E-state index in [1.54, 1.807) is 0 Å². The van der Waals surface area contributed by atoms with E-state index in [0.717, 1.165) is 17.1 Å². The number of hydrogen-bond donors (Lipinski definition) is 1. The summed E-state index contributed by atoms with van der Waals surface area (Å²) in [5.74, 6) is -0.578. The van der Waals surface area contributed by atoms with Gasteiger partial charge in [-0.1, -0.05) is 25.3 Å². The van der Waals surface area contributed by atoms with Gasteiger partial charge in [0.05, 0.1) is 10.5 Å². The lowest BCUT2D eigenvalue weighted by Crippen LogP contribution is -2.33. The van der Waals surface area contributed by atoms with Gasteiger partial charge >= 0.3 is 5.97 Å². The van der Waals surface area contributed by atoms with Gasteiger partial charge in [0.25, 0.3) is 5.91 Å². The zero-order chi connectivity index (χ0) is 19.2. The van der Waals surface area contributed by atoms with Crippen molar-refractivity contribution in [3.63, 3.8) is 0 Å². The Hall–Kier alpha value is -1.93. The number of esters is 1. The van der Waals surface area contributed by atoms with Crippen molar-refractivity contribution >= 4 is 21.9 Å². The molecule has 0 atom stereocenters. The van der Waals surface area contributed by atoms with Crippen LogP contribution >= 0.6 is 0 Å². The van der Waals surface area contributed by atoms with Crippen molar-refractivity contribution in [3.05, 3.63) is 29.8 Å². The van der Waals surface area contributed by atoms with Crippen molar-refractivity contribution in [3.8, 4) is 0 Å². The summed E-state index contributed by atoms with van der Waals surface area (Å²) in [6.45, 7) is 0.225. The molecule has 7 nitrogen and oxygen atoms in total. The number of amides is 1. The molecule has 1 aliphatic carbocycles. The Balaban J connectivity index is 1.86. The van der Waals surface area contributed by atoms with Gasteiger partial charge in [-0.05, 0) is 37.0 Å². The standard InChI is InChI=1S/C18H26N2O5S/c1-20(2)26(23,24)16-10-6-9-15(11-16)18(22)25-13-17(21)19-12-14-7-4-3-5-8-14/h6,9-11,14H,3-5,7-8,12-13H2,1-2H3,(H,19,21). The first kappa shape index (κ1) is 20.4. The molecule has 0 saturated heterocycles. The third-order valence-electron chi connectivity index (χ3n) is 4.50. The zero-order valence-corrected chi connectivity index (χ0v) is 16.0. The molecule has 0 aliphatic heterocycles. The Kier molecular flexibility index (Phi) is 7.16. The predicted molar refractivity (Wildman–Crippen MR) is 97.2 cm³/mol. The average molecular weight is 382 g/mol. The highest BCUT2D eigenvalue weighted by molar-refractivity contribution is 7.89. The Morgan fingerprint density at radius 2 is 1.88 bits per heavy atom. The first-order chi connectivity index (χ1) is 12.3. The molecule has 0 aromatic heterocycles. The Morgan fingerprint density at radius 3 is 2.54 bits per heavy atom. The Bertz CT molecular complexity index is 740. The fourth-order valence-electron chi connectivity index (χ4n) is 2.91. The number of hydrogen-bond acceptors (Lipinski definition) is 5. The number of nitrogens with zero attached hydrogens (tertiary/aromatic N) is 1. The molecule has 0 unspecified atom stereocenters. The molecule has 0 bridgehead atoms. The summed E-state index contributed by atoms with van der Waals surface area (Å²) in [4.78, 5) is 23.9.